The smallest absolute Gasteiger partial charge is 0.275 e. The number of anilines is 1. The third-order valence-electron chi connectivity index (χ3n) is 2.82. The molecule has 0 bridgehead atoms. The molecule has 0 radical (unpaired) electrons. The Morgan fingerprint density at radius 2 is 2.10 bits per heavy atom. The Kier molecular flexibility index (Phi) is 3.70. The molecule has 0 fully saturated rings. The van der Waals surface area contributed by atoms with Crippen molar-refractivity contribution in [3.63, 3.8) is 0 Å². The molecule has 0 aliphatic rings. The number of ether oxygens (including phenoxy) is 1. The Hall–Kier alpha value is -2.60. The fourth-order valence-electron chi connectivity index (χ4n) is 1.76. The van der Waals surface area contributed by atoms with Crippen molar-refractivity contribution in [1.82, 2.24) is 4.98 Å². The maximum Gasteiger partial charge on any atom is 0.275 e. The minimum atomic E-state index is -0.255. The fourth-order valence-corrected chi connectivity index (χ4v) is 2.53. The van der Waals surface area contributed by atoms with Gasteiger partial charge in [0, 0.05) is 11.1 Å². The highest BCUT2D eigenvalue weighted by Crippen LogP contribution is 2.24. The number of hydrogen-bond donors (Lipinski definition) is 1. The summed E-state index contributed by atoms with van der Waals surface area (Å²) in [5.41, 5.74) is 1.05. The molecular weight excluding hydrogens is 288 g/mol. The van der Waals surface area contributed by atoms with Crippen LogP contribution in [0.4, 0.5) is 5.69 Å². The minimum absolute atomic E-state index is 0.255. The maximum atomic E-state index is 12.1. The summed E-state index contributed by atoms with van der Waals surface area (Å²) in [6.45, 7) is 0. The second-order valence-corrected chi connectivity index (χ2v) is 5.06. The van der Waals surface area contributed by atoms with Gasteiger partial charge < -0.3 is 14.5 Å². The molecule has 1 amide bonds. The predicted molar refractivity (Wildman–Crippen MR) is 80.8 cm³/mol. The van der Waals surface area contributed by atoms with Crippen LogP contribution < -0.4 is 10.1 Å². The van der Waals surface area contributed by atoms with Crippen molar-refractivity contribution >= 4 is 22.9 Å². The summed E-state index contributed by atoms with van der Waals surface area (Å²) < 4.78 is 10.3. The number of furan rings is 1. The number of benzene rings is 1. The zero-order valence-electron chi connectivity index (χ0n) is 11.2. The van der Waals surface area contributed by atoms with Crippen LogP contribution in [0.5, 0.6) is 5.75 Å². The van der Waals surface area contributed by atoms with Crippen molar-refractivity contribution in [2.45, 2.75) is 0 Å². The normalized spacial score (nSPS) is 10.3. The number of rotatable bonds is 4. The van der Waals surface area contributed by atoms with Crippen molar-refractivity contribution in [3.05, 3.63) is 53.7 Å². The van der Waals surface area contributed by atoms with Crippen molar-refractivity contribution in [3.8, 4) is 16.5 Å². The molecule has 0 aliphatic heterocycles. The van der Waals surface area contributed by atoms with E-state index in [1.165, 1.54) is 11.3 Å². The number of methoxy groups -OCH3 is 1. The lowest BCUT2D eigenvalue weighted by Gasteiger charge is -2.04. The van der Waals surface area contributed by atoms with Gasteiger partial charge in [0.25, 0.3) is 5.91 Å². The molecule has 0 aliphatic carbocycles. The molecule has 1 N–H and O–H groups in total. The number of nitrogens with zero attached hydrogens (tertiary/aromatic N) is 1. The van der Waals surface area contributed by atoms with Crippen LogP contribution in [0.2, 0.25) is 0 Å². The van der Waals surface area contributed by atoms with Gasteiger partial charge in [0.15, 0.2) is 10.8 Å². The Morgan fingerprint density at radius 1 is 1.29 bits per heavy atom. The summed E-state index contributed by atoms with van der Waals surface area (Å²) in [5.74, 6) is 1.14. The molecule has 3 aromatic rings. The maximum absolute atomic E-state index is 12.1. The molecule has 0 saturated carbocycles. The van der Waals surface area contributed by atoms with Gasteiger partial charge in [-0.05, 0) is 36.4 Å². The molecule has 3 rings (SSSR count). The van der Waals surface area contributed by atoms with Gasteiger partial charge in [0.2, 0.25) is 0 Å². The Labute approximate surface area is 125 Å². The van der Waals surface area contributed by atoms with Gasteiger partial charge in [0.1, 0.15) is 11.4 Å². The minimum Gasteiger partial charge on any atom is -0.497 e. The van der Waals surface area contributed by atoms with Crippen LogP contribution in [0.1, 0.15) is 10.5 Å². The van der Waals surface area contributed by atoms with E-state index in [1.807, 2.05) is 6.07 Å². The van der Waals surface area contributed by atoms with Crippen molar-refractivity contribution in [1.29, 1.82) is 0 Å². The third kappa shape index (κ3) is 2.95. The van der Waals surface area contributed by atoms with Gasteiger partial charge >= 0.3 is 0 Å². The summed E-state index contributed by atoms with van der Waals surface area (Å²) in [4.78, 5) is 16.4. The summed E-state index contributed by atoms with van der Waals surface area (Å²) in [5, 5.41) is 5.17. The molecule has 2 heterocycles. The Balaban J connectivity index is 1.73. The van der Waals surface area contributed by atoms with E-state index in [2.05, 4.69) is 10.3 Å². The van der Waals surface area contributed by atoms with E-state index in [9.17, 15) is 4.79 Å². The van der Waals surface area contributed by atoms with Crippen LogP contribution >= 0.6 is 11.3 Å². The second-order valence-electron chi connectivity index (χ2n) is 4.20. The van der Waals surface area contributed by atoms with Crippen LogP contribution in [-0.2, 0) is 0 Å². The molecule has 5 nitrogen and oxygen atoms in total. The van der Waals surface area contributed by atoms with Crippen molar-refractivity contribution < 1.29 is 13.9 Å². The molecule has 2 aromatic heterocycles. The monoisotopic (exact) mass is 300 g/mol. The summed E-state index contributed by atoms with van der Waals surface area (Å²) in [7, 11) is 1.60. The predicted octanol–water partition coefficient (Wildman–Crippen LogP) is 3.66. The molecule has 0 saturated heterocycles. The number of thiazole rings is 1. The molecule has 21 heavy (non-hydrogen) atoms. The third-order valence-corrected chi connectivity index (χ3v) is 3.67. The van der Waals surface area contributed by atoms with Gasteiger partial charge in [-0.2, -0.15) is 0 Å². The molecule has 1 aromatic carbocycles. The van der Waals surface area contributed by atoms with E-state index in [1.54, 1.807) is 49.1 Å². The summed E-state index contributed by atoms with van der Waals surface area (Å²) in [6, 6.07) is 10.7. The van der Waals surface area contributed by atoms with Crippen LogP contribution in [0.25, 0.3) is 10.8 Å². The van der Waals surface area contributed by atoms with E-state index in [0.717, 1.165) is 5.75 Å². The van der Waals surface area contributed by atoms with Crippen LogP contribution in [0, 0.1) is 0 Å². The van der Waals surface area contributed by atoms with E-state index >= 15 is 0 Å². The highest BCUT2D eigenvalue weighted by molar-refractivity contribution is 7.13. The van der Waals surface area contributed by atoms with Gasteiger partial charge in [-0.1, -0.05) is 0 Å². The Bertz CT molecular complexity index is 733. The number of hydrogen-bond acceptors (Lipinski definition) is 5. The number of aromatic nitrogens is 1. The molecule has 0 atom stereocenters. The quantitative estimate of drug-likeness (QED) is 0.798. The molecular formula is C15H12N2O3S. The standard InChI is InChI=1S/C15H12N2O3S/c1-19-11-6-4-10(5-7-11)16-14(18)12-9-21-15(17-12)13-3-2-8-20-13/h2-9H,1H3,(H,16,18). The molecule has 6 heteroatoms. The van der Waals surface area contributed by atoms with Crippen LogP contribution in [-0.4, -0.2) is 18.0 Å². The highest BCUT2D eigenvalue weighted by atomic mass is 32.1. The Morgan fingerprint density at radius 3 is 2.76 bits per heavy atom. The van der Waals surface area contributed by atoms with E-state index in [-0.39, 0.29) is 5.91 Å². The van der Waals surface area contributed by atoms with Gasteiger partial charge in [-0.3, -0.25) is 4.79 Å². The lowest BCUT2D eigenvalue weighted by atomic mass is 10.3. The number of carbonyl (C=O) groups is 1. The number of nitrogens with one attached hydrogen (secondary N) is 1. The topological polar surface area (TPSA) is 64.4 Å². The van der Waals surface area contributed by atoms with Crippen molar-refractivity contribution in [2.75, 3.05) is 12.4 Å². The highest BCUT2D eigenvalue weighted by Gasteiger charge is 2.13. The average molecular weight is 300 g/mol. The first-order valence-corrected chi connectivity index (χ1v) is 7.09. The first kappa shape index (κ1) is 13.4. The average Bonchev–Trinajstić information content (AvgIpc) is 3.19. The van der Waals surface area contributed by atoms with Gasteiger partial charge in [-0.15, -0.1) is 11.3 Å². The van der Waals surface area contributed by atoms with Gasteiger partial charge in [0.05, 0.1) is 13.4 Å². The fraction of sp³-hybridized carbons (Fsp3) is 0.0667. The lowest BCUT2D eigenvalue weighted by molar-refractivity contribution is 0.102. The van der Waals surface area contributed by atoms with Gasteiger partial charge in [-0.25, -0.2) is 4.98 Å². The summed E-state index contributed by atoms with van der Waals surface area (Å²) in [6.07, 6.45) is 1.58. The largest absolute Gasteiger partial charge is 0.497 e. The SMILES string of the molecule is COc1ccc(NC(=O)c2csc(-c3ccco3)n2)cc1. The summed E-state index contributed by atoms with van der Waals surface area (Å²) >= 11 is 1.37. The lowest BCUT2D eigenvalue weighted by Crippen LogP contribution is -2.12. The van der Waals surface area contributed by atoms with Crippen LogP contribution in [0.3, 0.4) is 0 Å². The van der Waals surface area contributed by atoms with E-state index < -0.39 is 0 Å². The van der Waals surface area contributed by atoms with Crippen LogP contribution in [0.15, 0.2) is 52.5 Å². The number of carbonyl (C=O) groups excluding carboxylic acids is 1. The molecule has 106 valence electrons. The first-order valence-electron chi connectivity index (χ1n) is 6.21. The number of amides is 1. The molecule has 0 unspecified atom stereocenters. The van der Waals surface area contributed by atoms with E-state index in [0.29, 0.717) is 22.1 Å². The van der Waals surface area contributed by atoms with Crippen molar-refractivity contribution in [2.24, 2.45) is 0 Å². The molecule has 0 spiro atoms. The first-order chi connectivity index (χ1) is 10.3. The second kappa shape index (κ2) is 5.80. The van der Waals surface area contributed by atoms with E-state index in [4.69, 9.17) is 9.15 Å². The zero-order valence-corrected chi connectivity index (χ0v) is 12.0. The zero-order chi connectivity index (χ0) is 14.7.